The van der Waals surface area contributed by atoms with E-state index in [0.29, 0.717) is 24.0 Å². The highest BCUT2D eigenvalue weighted by molar-refractivity contribution is 5.90. The van der Waals surface area contributed by atoms with Gasteiger partial charge in [0.2, 0.25) is 0 Å². The number of esters is 3. The van der Waals surface area contributed by atoms with E-state index in [2.05, 4.69) is 6.58 Å². The van der Waals surface area contributed by atoms with Gasteiger partial charge in [-0.15, -0.1) is 0 Å². The predicted octanol–water partition coefficient (Wildman–Crippen LogP) is 6.77. The summed E-state index contributed by atoms with van der Waals surface area (Å²) in [5, 5.41) is 23.5. The summed E-state index contributed by atoms with van der Waals surface area (Å²) in [7, 11) is 6.91. The van der Waals surface area contributed by atoms with E-state index in [1.165, 1.54) is 7.11 Å². The summed E-state index contributed by atoms with van der Waals surface area (Å²) in [6.07, 6.45) is -9.06. The zero-order valence-electron chi connectivity index (χ0n) is 41.8. The number of cyclic esters (lactones) is 1. The Labute approximate surface area is 397 Å². The first-order valence-corrected chi connectivity index (χ1v) is 23.7. The standard InChI is InChI=1S/C52H77NO14/c1-15-39-31(4)42(55)32(5)41(54)29(2)27-51(9,59-13)45(67-50-44(38(53(11)12)26-30(3)61-50)65-48(57)36-22-18-16-19-23-36)33(6)43(34(7)47(56)63-39)64-40-28-52(10,60-14)46(35(8)62-40)66-49(58)37-24-20-17-21-25-37/h16-25,29-30,32-35,38-46,50,54-55H,4,15,26-28H2,1-3,5-14H3/t29-,30-,32+,33+,34-,35+,38+,39-,40+,41+,42+,43+,44-,45-,46+,50+,51-,52-/m1/s1. The molecule has 5 rings (SSSR count). The number of hydrogen-bond acceptors (Lipinski definition) is 15. The second-order valence-corrected chi connectivity index (χ2v) is 19.7. The van der Waals surface area contributed by atoms with E-state index < -0.39 is 114 Å². The van der Waals surface area contributed by atoms with Crippen LogP contribution in [0.5, 0.6) is 0 Å². The number of methoxy groups -OCH3 is 2. The fourth-order valence-corrected chi connectivity index (χ4v) is 10.2. The Morgan fingerprint density at radius 2 is 1.33 bits per heavy atom. The summed E-state index contributed by atoms with van der Waals surface area (Å²) in [5.74, 6) is -4.67. The van der Waals surface area contributed by atoms with Gasteiger partial charge in [-0.3, -0.25) is 4.79 Å². The molecule has 0 saturated carbocycles. The molecule has 67 heavy (non-hydrogen) atoms. The van der Waals surface area contributed by atoms with Gasteiger partial charge in [-0.1, -0.05) is 70.7 Å². The molecule has 3 heterocycles. The van der Waals surface area contributed by atoms with Crippen molar-refractivity contribution in [2.24, 2.45) is 23.7 Å². The first-order valence-electron chi connectivity index (χ1n) is 23.7. The summed E-state index contributed by atoms with van der Waals surface area (Å²) in [5.41, 5.74) is -1.36. The molecule has 2 aromatic carbocycles. The third-order valence-corrected chi connectivity index (χ3v) is 14.5. The Hall–Kier alpha value is -3.77. The van der Waals surface area contributed by atoms with Crippen LogP contribution in [0.2, 0.25) is 0 Å². The number of nitrogens with zero attached hydrogens (tertiary/aromatic N) is 1. The monoisotopic (exact) mass is 940 g/mol. The molecule has 3 saturated heterocycles. The van der Waals surface area contributed by atoms with Crippen molar-refractivity contribution in [3.8, 4) is 0 Å². The number of rotatable bonds is 12. The molecule has 3 aliphatic rings. The number of aliphatic hydroxyl groups excluding tert-OH is 2. The van der Waals surface area contributed by atoms with E-state index in [9.17, 15) is 24.6 Å². The number of aliphatic hydroxyl groups is 2. The maximum Gasteiger partial charge on any atom is 0.338 e. The van der Waals surface area contributed by atoms with Gasteiger partial charge < -0.3 is 57.7 Å². The molecule has 0 spiro atoms. The van der Waals surface area contributed by atoms with Crippen LogP contribution < -0.4 is 0 Å². The van der Waals surface area contributed by atoms with E-state index in [4.69, 9.17) is 42.6 Å². The van der Waals surface area contributed by atoms with Gasteiger partial charge in [0.1, 0.15) is 11.7 Å². The fraction of sp³-hybridized carbons (Fsp3) is 0.673. The third-order valence-electron chi connectivity index (χ3n) is 14.5. The summed E-state index contributed by atoms with van der Waals surface area (Å²) < 4.78 is 58.6. The van der Waals surface area contributed by atoms with Crippen molar-refractivity contribution in [3.05, 3.63) is 83.9 Å². The number of hydrogen-bond donors (Lipinski definition) is 2. The van der Waals surface area contributed by atoms with Gasteiger partial charge in [-0.2, -0.15) is 0 Å². The number of carbonyl (C=O) groups is 3. The lowest BCUT2D eigenvalue weighted by Crippen LogP contribution is -2.62. The minimum absolute atomic E-state index is 0.0889. The molecule has 2 aromatic rings. The predicted molar refractivity (Wildman–Crippen MR) is 250 cm³/mol. The van der Waals surface area contributed by atoms with Crippen LogP contribution in [-0.4, -0.2) is 146 Å². The molecule has 2 N–H and O–H groups in total. The van der Waals surface area contributed by atoms with Gasteiger partial charge in [0, 0.05) is 32.5 Å². The van der Waals surface area contributed by atoms with Crippen LogP contribution in [0.3, 0.4) is 0 Å². The van der Waals surface area contributed by atoms with Gasteiger partial charge >= 0.3 is 17.9 Å². The van der Waals surface area contributed by atoms with Crippen LogP contribution in [0.25, 0.3) is 0 Å². The molecular formula is C52H77NO14. The lowest BCUT2D eigenvalue weighted by Gasteiger charge is -2.50. The van der Waals surface area contributed by atoms with Gasteiger partial charge in [0.15, 0.2) is 24.8 Å². The summed E-state index contributed by atoms with van der Waals surface area (Å²) in [6.45, 7) is 20.6. The molecule has 0 aliphatic carbocycles. The first kappa shape index (κ1) is 54.2. The van der Waals surface area contributed by atoms with Crippen molar-refractivity contribution in [2.75, 3.05) is 28.3 Å². The Bertz CT molecular complexity index is 1930. The van der Waals surface area contributed by atoms with E-state index in [-0.39, 0.29) is 30.6 Å². The average Bonchev–Trinajstić information content (AvgIpc) is 3.31. The minimum Gasteiger partial charge on any atom is -0.457 e. The summed E-state index contributed by atoms with van der Waals surface area (Å²) in [4.78, 5) is 43.8. The molecule has 18 atom stereocenters. The number of likely N-dealkylation sites (N-methyl/N-ethyl adjacent to an activating group) is 1. The zero-order valence-corrected chi connectivity index (χ0v) is 41.8. The molecule has 3 fully saturated rings. The molecule has 3 aliphatic heterocycles. The molecular weight excluding hydrogens is 863 g/mol. The average molecular weight is 940 g/mol. The largest absolute Gasteiger partial charge is 0.457 e. The lowest BCUT2D eigenvalue weighted by molar-refractivity contribution is -0.319. The van der Waals surface area contributed by atoms with E-state index in [1.807, 2.05) is 72.7 Å². The SMILES string of the molecule is C=C1[C@@H](CC)OC(=O)[C@H](C)[C@@H](O[C@H]2C[C@@](C)(OC)[C@@H](OC(=O)c3ccccc3)[C@H](C)O2)[C@H](C)[C@@H](O[C@@H]2O[C@H](C)C[C@H](N(C)C)[C@H]2OC(=O)c2ccccc2)[C@](C)(OC)C[C@@H](C)[C@H](O)[C@H](C)[C@H]1O. The highest BCUT2D eigenvalue weighted by Crippen LogP contribution is 2.43. The zero-order chi connectivity index (χ0) is 49.5. The minimum atomic E-state index is -1.26. The second kappa shape index (κ2) is 23.2. The van der Waals surface area contributed by atoms with Crippen LogP contribution in [0.4, 0.5) is 0 Å². The second-order valence-electron chi connectivity index (χ2n) is 19.7. The number of ether oxygens (including phenoxy) is 9. The van der Waals surface area contributed by atoms with E-state index >= 15 is 0 Å². The summed E-state index contributed by atoms with van der Waals surface area (Å²) in [6, 6.07) is 17.0. The lowest BCUT2D eigenvalue weighted by atomic mass is 9.74. The van der Waals surface area contributed by atoms with Crippen LogP contribution in [-0.2, 0) is 47.4 Å². The van der Waals surface area contributed by atoms with Crippen LogP contribution in [0.15, 0.2) is 72.8 Å². The highest BCUT2D eigenvalue weighted by Gasteiger charge is 2.54. The molecule has 374 valence electrons. The van der Waals surface area contributed by atoms with Crippen LogP contribution in [0.1, 0.15) is 109 Å². The van der Waals surface area contributed by atoms with E-state index in [0.717, 1.165) is 0 Å². The van der Waals surface area contributed by atoms with Gasteiger partial charge in [0.05, 0.1) is 65.3 Å². The van der Waals surface area contributed by atoms with Crippen LogP contribution in [0, 0.1) is 23.7 Å². The maximum atomic E-state index is 14.6. The quantitative estimate of drug-likeness (QED) is 0.129. The Balaban J connectivity index is 1.61. The normalized spacial score (nSPS) is 39.2. The van der Waals surface area contributed by atoms with Gasteiger partial charge in [0.25, 0.3) is 0 Å². The van der Waals surface area contributed by atoms with E-state index in [1.54, 1.807) is 76.4 Å². The number of carbonyl (C=O) groups excluding carboxylic acids is 3. The molecule has 0 bridgehead atoms. The maximum absolute atomic E-state index is 14.6. The highest BCUT2D eigenvalue weighted by atomic mass is 16.7. The van der Waals surface area contributed by atoms with Crippen molar-refractivity contribution in [2.45, 2.75) is 173 Å². The molecule has 0 aromatic heterocycles. The van der Waals surface area contributed by atoms with Crippen LogP contribution >= 0.6 is 0 Å². The third kappa shape index (κ3) is 12.5. The van der Waals surface area contributed by atoms with Crippen molar-refractivity contribution < 1.29 is 67.2 Å². The Morgan fingerprint density at radius 1 is 0.776 bits per heavy atom. The first-order chi connectivity index (χ1) is 31.6. The van der Waals surface area contributed by atoms with Crippen molar-refractivity contribution >= 4 is 17.9 Å². The molecule has 0 amide bonds. The Kier molecular flexibility index (Phi) is 18.8. The smallest absolute Gasteiger partial charge is 0.338 e. The van der Waals surface area contributed by atoms with Crippen molar-refractivity contribution in [3.63, 3.8) is 0 Å². The van der Waals surface area contributed by atoms with Crippen molar-refractivity contribution in [1.82, 2.24) is 4.90 Å². The Morgan fingerprint density at radius 3 is 1.87 bits per heavy atom. The van der Waals surface area contributed by atoms with Gasteiger partial charge in [-0.25, -0.2) is 9.59 Å². The molecule has 15 heteroatoms. The summed E-state index contributed by atoms with van der Waals surface area (Å²) >= 11 is 0. The molecule has 0 unspecified atom stereocenters. The fourth-order valence-electron chi connectivity index (χ4n) is 10.2. The molecule has 0 radical (unpaired) electrons. The van der Waals surface area contributed by atoms with Crippen molar-refractivity contribution in [1.29, 1.82) is 0 Å². The molecule has 15 nitrogen and oxygen atoms in total. The number of benzene rings is 2. The van der Waals surface area contributed by atoms with Gasteiger partial charge in [-0.05, 0) is 104 Å². The topological polar surface area (TPSA) is 178 Å².